The predicted molar refractivity (Wildman–Crippen MR) is 94.5 cm³/mol. The van der Waals surface area contributed by atoms with Crippen molar-refractivity contribution in [2.75, 3.05) is 36.9 Å². The van der Waals surface area contributed by atoms with Gasteiger partial charge in [-0.25, -0.2) is 4.39 Å². The molecule has 3 nitrogen and oxygen atoms in total. The maximum atomic E-state index is 13.5. The summed E-state index contributed by atoms with van der Waals surface area (Å²) >= 11 is 3.61. The van der Waals surface area contributed by atoms with Crippen LogP contribution in [0.1, 0.15) is 11.6 Å². The Bertz CT molecular complexity index is 514. The van der Waals surface area contributed by atoms with Gasteiger partial charge in [0.25, 0.3) is 0 Å². The maximum absolute atomic E-state index is 13.5. The average Bonchev–Trinajstić information content (AvgIpc) is 2.55. The van der Waals surface area contributed by atoms with Gasteiger partial charge in [-0.2, -0.15) is 11.8 Å². The Hall–Kier alpha value is -0.430. The van der Waals surface area contributed by atoms with Crippen LogP contribution >= 0.6 is 35.9 Å². The smallest absolute Gasteiger partial charge is 0.237 e. The molecule has 2 fully saturated rings. The molecule has 7 heteroatoms. The molecule has 2 aliphatic rings. The first kappa shape index (κ1) is 17.9. The van der Waals surface area contributed by atoms with Gasteiger partial charge in [0.05, 0.1) is 11.3 Å². The van der Waals surface area contributed by atoms with Crippen molar-refractivity contribution in [2.45, 2.75) is 11.3 Å². The maximum Gasteiger partial charge on any atom is 0.237 e. The summed E-state index contributed by atoms with van der Waals surface area (Å²) in [5.74, 6) is 3.03. The summed E-state index contributed by atoms with van der Waals surface area (Å²) in [6.45, 7) is 2.20. The van der Waals surface area contributed by atoms with Crippen LogP contribution in [0, 0.1) is 5.82 Å². The van der Waals surface area contributed by atoms with Gasteiger partial charge in [-0.3, -0.25) is 4.79 Å². The van der Waals surface area contributed by atoms with Gasteiger partial charge >= 0.3 is 0 Å². The van der Waals surface area contributed by atoms with Crippen molar-refractivity contribution in [2.24, 2.45) is 0 Å². The number of thioether (sulfide) groups is 2. The van der Waals surface area contributed by atoms with Crippen LogP contribution in [0.3, 0.4) is 0 Å². The largest absolute Gasteiger partial charge is 0.332 e. The molecule has 2 unspecified atom stereocenters. The summed E-state index contributed by atoms with van der Waals surface area (Å²) in [4.78, 5) is 14.7. The van der Waals surface area contributed by atoms with Crippen LogP contribution < -0.4 is 5.32 Å². The number of amides is 1. The SMILES string of the molecule is Cl.O=C(C1CSCCS1)N1CCNCC1c1cccc(F)c1. The number of rotatable bonds is 2. The minimum Gasteiger partial charge on any atom is -0.332 e. The molecule has 1 aromatic rings. The second-order valence-electron chi connectivity index (χ2n) is 5.24. The summed E-state index contributed by atoms with van der Waals surface area (Å²) < 4.78 is 13.5. The first-order valence-corrected chi connectivity index (χ1v) is 9.42. The molecule has 1 amide bonds. The van der Waals surface area contributed by atoms with E-state index in [1.165, 1.54) is 6.07 Å². The highest BCUT2D eigenvalue weighted by molar-refractivity contribution is 8.07. The molecule has 0 saturated carbocycles. The third-order valence-corrected chi connectivity index (χ3v) is 6.59. The highest BCUT2D eigenvalue weighted by Gasteiger charge is 2.33. The number of halogens is 2. The quantitative estimate of drug-likeness (QED) is 0.876. The van der Waals surface area contributed by atoms with Crippen LogP contribution in [-0.4, -0.2) is 52.9 Å². The van der Waals surface area contributed by atoms with Crippen molar-refractivity contribution >= 4 is 41.8 Å². The Labute approximate surface area is 145 Å². The van der Waals surface area contributed by atoms with Gasteiger partial charge in [0.15, 0.2) is 0 Å². The lowest BCUT2D eigenvalue weighted by Gasteiger charge is -2.39. The van der Waals surface area contributed by atoms with E-state index in [2.05, 4.69) is 5.32 Å². The molecule has 1 aromatic carbocycles. The van der Waals surface area contributed by atoms with Crippen LogP contribution in [0.25, 0.3) is 0 Å². The molecule has 122 valence electrons. The standard InChI is InChI=1S/C15H19FN2OS2.ClH/c16-12-3-1-2-11(8-12)13-9-17-4-5-18(13)15(19)14-10-20-6-7-21-14;/h1-3,8,13-14,17H,4-7,9-10H2;1H. The first-order valence-electron chi connectivity index (χ1n) is 7.22. The Morgan fingerprint density at radius 3 is 2.95 bits per heavy atom. The van der Waals surface area contributed by atoms with Crippen molar-refractivity contribution in [3.05, 3.63) is 35.6 Å². The molecule has 3 rings (SSSR count). The molecule has 0 radical (unpaired) electrons. The fraction of sp³-hybridized carbons (Fsp3) is 0.533. The molecule has 2 saturated heterocycles. The van der Waals surface area contributed by atoms with Crippen molar-refractivity contribution in [1.82, 2.24) is 10.2 Å². The zero-order valence-corrected chi connectivity index (χ0v) is 14.6. The van der Waals surface area contributed by atoms with E-state index in [0.29, 0.717) is 13.1 Å². The van der Waals surface area contributed by atoms with Crippen molar-refractivity contribution in [1.29, 1.82) is 0 Å². The zero-order valence-electron chi connectivity index (χ0n) is 12.2. The molecule has 2 aliphatic heterocycles. The Morgan fingerprint density at radius 2 is 2.23 bits per heavy atom. The lowest BCUT2D eigenvalue weighted by molar-refractivity contribution is -0.133. The molecule has 2 heterocycles. The second-order valence-corrected chi connectivity index (χ2v) is 7.70. The van der Waals surface area contributed by atoms with E-state index >= 15 is 0 Å². The number of piperazine rings is 1. The third kappa shape index (κ3) is 4.10. The van der Waals surface area contributed by atoms with Gasteiger partial charge in [0, 0.05) is 36.9 Å². The van der Waals surface area contributed by atoms with Crippen molar-refractivity contribution in [3.63, 3.8) is 0 Å². The Kier molecular flexibility index (Phi) is 6.87. The number of hydrogen-bond donors (Lipinski definition) is 1. The molecule has 0 aliphatic carbocycles. The summed E-state index contributed by atoms with van der Waals surface area (Å²) in [5.41, 5.74) is 0.879. The molecule has 0 aromatic heterocycles. The van der Waals surface area contributed by atoms with E-state index in [-0.39, 0.29) is 35.4 Å². The molecule has 0 spiro atoms. The monoisotopic (exact) mass is 362 g/mol. The van der Waals surface area contributed by atoms with Crippen molar-refractivity contribution in [3.8, 4) is 0 Å². The zero-order chi connectivity index (χ0) is 14.7. The van der Waals surface area contributed by atoms with Crippen LogP contribution in [0.4, 0.5) is 4.39 Å². The number of nitrogens with zero attached hydrogens (tertiary/aromatic N) is 1. The summed E-state index contributed by atoms with van der Waals surface area (Å²) in [6.07, 6.45) is 0. The molecular weight excluding hydrogens is 343 g/mol. The van der Waals surface area contributed by atoms with Crippen LogP contribution in [0.5, 0.6) is 0 Å². The van der Waals surface area contributed by atoms with Crippen LogP contribution in [0.15, 0.2) is 24.3 Å². The van der Waals surface area contributed by atoms with Gasteiger partial charge in [0.2, 0.25) is 5.91 Å². The van der Waals surface area contributed by atoms with Crippen molar-refractivity contribution < 1.29 is 9.18 Å². The summed E-state index contributed by atoms with van der Waals surface area (Å²) in [7, 11) is 0. The third-order valence-electron chi connectivity index (χ3n) is 3.85. The molecular formula is C15H20ClFN2OS2. The first-order chi connectivity index (χ1) is 10.3. The molecule has 1 N–H and O–H groups in total. The van der Waals surface area contributed by atoms with E-state index in [1.807, 2.05) is 22.7 Å². The molecule has 2 atom stereocenters. The summed E-state index contributed by atoms with van der Waals surface area (Å²) in [5, 5.41) is 3.37. The van der Waals surface area contributed by atoms with E-state index in [1.54, 1.807) is 23.9 Å². The average molecular weight is 363 g/mol. The number of benzene rings is 1. The van der Waals surface area contributed by atoms with Gasteiger partial charge in [-0.05, 0) is 17.7 Å². The van der Waals surface area contributed by atoms with E-state index < -0.39 is 0 Å². The Morgan fingerprint density at radius 1 is 1.36 bits per heavy atom. The lowest BCUT2D eigenvalue weighted by atomic mass is 10.0. The van der Waals surface area contributed by atoms with Crippen LogP contribution in [0.2, 0.25) is 0 Å². The van der Waals surface area contributed by atoms with Gasteiger partial charge in [-0.15, -0.1) is 24.2 Å². The number of nitrogens with one attached hydrogen (secondary N) is 1. The summed E-state index contributed by atoms with van der Waals surface area (Å²) in [6, 6.07) is 6.55. The van der Waals surface area contributed by atoms with Crippen LogP contribution in [-0.2, 0) is 4.79 Å². The minimum absolute atomic E-state index is 0. The van der Waals surface area contributed by atoms with E-state index in [4.69, 9.17) is 0 Å². The van der Waals surface area contributed by atoms with Gasteiger partial charge in [-0.1, -0.05) is 12.1 Å². The number of carbonyl (C=O) groups excluding carboxylic acids is 1. The fourth-order valence-corrected chi connectivity index (χ4v) is 5.41. The number of hydrogen-bond acceptors (Lipinski definition) is 4. The van der Waals surface area contributed by atoms with E-state index in [0.717, 1.165) is 29.4 Å². The number of carbonyl (C=O) groups is 1. The predicted octanol–water partition coefficient (Wildman–Crippen LogP) is 2.57. The molecule has 0 bridgehead atoms. The second kappa shape index (κ2) is 8.43. The topological polar surface area (TPSA) is 32.3 Å². The normalized spacial score (nSPS) is 25.4. The Balaban J connectivity index is 0.00000176. The molecule has 22 heavy (non-hydrogen) atoms. The fourth-order valence-electron chi connectivity index (χ4n) is 2.80. The lowest BCUT2D eigenvalue weighted by Crippen LogP contribution is -2.51. The van der Waals surface area contributed by atoms with Gasteiger partial charge in [0.1, 0.15) is 5.82 Å². The highest BCUT2D eigenvalue weighted by Crippen LogP contribution is 2.30. The van der Waals surface area contributed by atoms with Gasteiger partial charge < -0.3 is 10.2 Å². The highest BCUT2D eigenvalue weighted by atomic mass is 35.5. The van der Waals surface area contributed by atoms with E-state index in [9.17, 15) is 9.18 Å². The minimum atomic E-state index is -0.243.